The molecule has 3 aromatic heterocycles. The van der Waals surface area contributed by atoms with Gasteiger partial charge in [0.15, 0.2) is 17.5 Å². The van der Waals surface area contributed by atoms with E-state index in [0.717, 1.165) is 44.5 Å². The monoisotopic (exact) mass is 808 g/mol. The molecule has 0 aliphatic carbocycles. The number of hydrogen-bond donors (Lipinski definition) is 0. The fourth-order valence-corrected chi connectivity index (χ4v) is 10.3. The van der Waals surface area contributed by atoms with E-state index in [0.29, 0.717) is 17.5 Å². The lowest BCUT2D eigenvalue weighted by atomic mass is 9.94. The zero-order chi connectivity index (χ0) is 41.0. The molecule has 0 radical (unpaired) electrons. The van der Waals surface area contributed by atoms with Crippen LogP contribution in [0, 0.1) is 0 Å². The first-order chi connectivity index (χ1) is 30.8. The molecule has 5 heteroatoms. The molecule has 0 amide bonds. The van der Waals surface area contributed by atoms with Crippen LogP contribution in [-0.4, -0.2) is 19.5 Å². The predicted molar refractivity (Wildman–Crippen MR) is 260 cm³/mol. The predicted octanol–water partition coefficient (Wildman–Crippen LogP) is 15.3. The Morgan fingerprint density at radius 1 is 0.323 bits per heavy atom. The Hall–Kier alpha value is -7.99. The Morgan fingerprint density at radius 3 is 1.47 bits per heavy atom. The van der Waals surface area contributed by atoms with E-state index in [-0.39, 0.29) is 0 Å². The number of benzene rings is 9. The fraction of sp³-hybridized carbons (Fsp3) is 0. The van der Waals surface area contributed by atoms with Crippen molar-refractivity contribution in [2.24, 2.45) is 0 Å². The number of para-hydroxylation sites is 1. The van der Waals surface area contributed by atoms with Crippen molar-refractivity contribution < 1.29 is 0 Å². The lowest BCUT2D eigenvalue weighted by Gasteiger charge is -2.16. The standard InChI is InChI=1S/C57H36N4S/c1-5-18-37(19-6-1)42-27-15-30-46-53-44(29-17-33-51(53)62-54(42)46)43-28-16-32-50-52(43)45-26-13-14-31-48(45)61(50)49-35-34-41(36-47(49)38-20-7-2-8-21-38)57-59-55(39-22-9-3-10-23-39)58-56(60-57)40-24-11-4-12-25-40/h1-36H. The number of nitrogens with zero attached hydrogens (tertiary/aromatic N) is 4. The molecule has 0 aliphatic heterocycles. The van der Waals surface area contributed by atoms with Crippen molar-refractivity contribution in [1.29, 1.82) is 0 Å². The van der Waals surface area contributed by atoms with Crippen molar-refractivity contribution in [3.8, 4) is 73.2 Å². The third-order valence-electron chi connectivity index (χ3n) is 11.9. The van der Waals surface area contributed by atoms with Gasteiger partial charge in [-0.15, -0.1) is 11.3 Å². The Morgan fingerprint density at radius 2 is 0.806 bits per heavy atom. The van der Waals surface area contributed by atoms with Crippen LogP contribution < -0.4 is 0 Å². The van der Waals surface area contributed by atoms with Crippen LogP contribution in [0.3, 0.4) is 0 Å². The van der Waals surface area contributed by atoms with Gasteiger partial charge >= 0.3 is 0 Å². The average Bonchev–Trinajstić information content (AvgIpc) is 3.91. The second-order valence-electron chi connectivity index (χ2n) is 15.5. The topological polar surface area (TPSA) is 43.6 Å². The van der Waals surface area contributed by atoms with Crippen LogP contribution in [0.15, 0.2) is 218 Å². The number of rotatable bonds is 7. The molecule has 0 saturated heterocycles. The molecule has 62 heavy (non-hydrogen) atoms. The zero-order valence-corrected chi connectivity index (χ0v) is 34.3. The van der Waals surface area contributed by atoms with E-state index in [1.807, 2.05) is 72.0 Å². The number of hydrogen-bond acceptors (Lipinski definition) is 4. The molecule has 0 spiro atoms. The Labute approximate surface area is 362 Å². The van der Waals surface area contributed by atoms with Gasteiger partial charge in [-0.3, -0.25) is 0 Å². The third-order valence-corrected chi connectivity index (χ3v) is 13.1. The van der Waals surface area contributed by atoms with Crippen molar-refractivity contribution in [1.82, 2.24) is 19.5 Å². The summed E-state index contributed by atoms with van der Waals surface area (Å²) in [6, 6.07) is 77.5. The van der Waals surface area contributed by atoms with E-state index in [2.05, 4.69) is 162 Å². The van der Waals surface area contributed by atoms with Gasteiger partial charge in [0.25, 0.3) is 0 Å². The van der Waals surface area contributed by atoms with Crippen molar-refractivity contribution >= 4 is 53.3 Å². The lowest BCUT2D eigenvalue weighted by Crippen LogP contribution is -2.02. The SMILES string of the molecule is c1ccc(-c2nc(-c3ccccc3)nc(-c3ccc(-n4c5ccccc5c5c(-c6cccc7sc8c(-c9ccccc9)cccc8c67)cccc54)c(-c4ccccc4)c3)n2)cc1. The minimum absolute atomic E-state index is 0.623. The quantitative estimate of drug-likeness (QED) is 0.161. The van der Waals surface area contributed by atoms with E-state index in [1.165, 1.54) is 53.2 Å². The minimum atomic E-state index is 0.623. The molecule has 4 nitrogen and oxygen atoms in total. The third kappa shape index (κ3) is 6.01. The normalized spacial score (nSPS) is 11.5. The van der Waals surface area contributed by atoms with Crippen molar-refractivity contribution in [3.63, 3.8) is 0 Å². The van der Waals surface area contributed by atoms with E-state index in [4.69, 9.17) is 15.0 Å². The average molecular weight is 809 g/mol. The summed E-state index contributed by atoms with van der Waals surface area (Å²) in [7, 11) is 0. The highest BCUT2D eigenvalue weighted by atomic mass is 32.1. The van der Waals surface area contributed by atoms with Gasteiger partial charge in [-0.05, 0) is 64.2 Å². The van der Waals surface area contributed by atoms with Crippen molar-refractivity contribution in [2.75, 3.05) is 0 Å². The van der Waals surface area contributed by atoms with Gasteiger partial charge in [-0.2, -0.15) is 0 Å². The first-order valence-electron chi connectivity index (χ1n) is 20.9. The van der Waals surface area contributed by atoms with Crippen LogP contribution in [0.2, 0.25) is 0 Å². The highest BCUT2D eigenvalue weighted by Crippen LogP contribution is 2.47. The Balaban J connectivity index is 1.09. The van der Waals surface area contributed by atoms with E-state index in [9.17, 15) is 0 Å². The first kappa shape index (κ1) is 35.9. The smallest absolute Gasteiger partial charge is 0.164 e. The molecule has 290 valence electrons. The molecule has 0 saturated carbocycles. The number of fused-ring (bicyclic) bond motifs is 6. The summed E-state index contributed by atoms with van der Waals surface area (Å²) in [4.78, 5) is 15.2. The molecule has 0 N–H and O–H groups in total. The van der Waals surface area contributed by atoms with E-state index >= 15 is 0 Å². The number of thiophene rings is 1. The summed E-state index contributed by atoms with van der Waals surface area (Å²) in [5.74, 6) is 1.90. The molecule has 3 heterocycles. The molecule has 12 rings (SSSR count). The molecule has 0 unspecified atom stereocenters. The maximum absolute atomic E-state index is 5.11. The molecule has 0 bridgehead atoms. The summed E-state index contributed by atoms with van der Waals surface area (Å²) in [6.07, 6.45) is 0. The molecular formula is C57H36N4S. The van der Waals surface area contributed by atoms with Crippen molar-refractivity contribution in [2.45, 2.75) is 0 Å². The van der Waals surface area contributed by atoms with Gasteiger partial charge < -0.3 is 4.57 Å². The molecule has 12 aromatic rings. The summed E-state index contributed by atoms with van der Waals surface area (Å²) in [5, 5.41) is 5.02. The van der Waals surface area contributed by atoms with Gasteiger partial charge in [0.1, 0.15) is 0 Å². The number of aromatic nitrogens is 4. The summed E-state index contributed by atoms with van der Waals surface area (Å²) < 4.78 is 5.04. The first-order valence-corrected chi connectivity index (χ1v) is 21.7. The second kappa shape index (κ2) is 14.9. The lowest BCUT2D eigenvalue weighted by molar-refractivity contribution is 1.07. The molecule has 0 aliphatic rings. The van der Waals surface area contributed by atoms with Crippen LogP contribution in [0.25, 0.3) is 115 Å². The van der Waals surface area contributed by atoms with Crippen LogP contribution in [0.1, 0.15) is 0 Å². The van der Waals surface area contributed by atoms with Crippen LogP contribution in [0.4, 0.5) is 0 Å². The highest BCUT2D eigenvalue weighted by Gasteiger charge is 2.22. The van der Waals surface area contributed by atoms with E-state index < -0.39 is 0 Å². The maximum atomic E-state index is 5.11. The van der Waals surface area contributed by atoms with Gasteiger partial charge in [0, 0.05) is 53.2 Å². The fourth-order valence-electron chi connectivity index (χ4n) is 9.08. The van der Waals surface area contributed by atoms with Crippen LogP contribution in [-0.2, 0) is 0 Å². The van der Waals surface area contributed by atoms with Crippen molar-refractivity contribution in [3.05, 3.63) is 218 Å². The van der Waals surface area contributed by atoms with Gasteiger partial charge in [-0.25, -0.2) is 15.0 Å². The summed E-state index contributed by atoms with van der Waals surface area (Å²) >= 11 is 1.88. The zero-order valence-electron chi connectivity index (χ0n) is 33.5. The van der Waals surface area contributed by atoms with Gasteiger partial charge in [0.05, 0.1) is 16.7 Å². The molecule has 9 aromatic carbocycles. The Bertz CT molecular complexity index is 3560. The minimum Gasteiger partial charge on any atom is -0.309 e. The highest BCUT2D eigenvalue weighted by molar-refractivity contribution is 7.26. The molecule has 0 fully saturated rings. The van der Waals surface area contributed by atoms with Gasteiger partial charge in [0.2, 0.25) is 0 Å². The Kier molecular flexibility index (Phi) is 8.65. The van der Waals surface area contributed by atoms with Crippen LogP contribution >= 0.6 is 11.3 Å². The molecule has 0 atom stereocenters. The maximum Gasteiger partial charge on any atom is 0.164 e. The largest absolute Gasteiger partial charge is 0.309 e. The van der Waals surface area contributed by atoms with Crippen LogP contribution in [0.5, 0.6) is 0 Å². The summed E-state index contributed by atoms with van der Waals surface area (Å²) in [5.41, 5.74) is 13.3. The molecular weight excluding hydrogens is 773 g/mol. The van der Waals surface area contributed by atoms with Gasteiger partial charge in [-0.1, -0.05) is 182 Å². The van der Waals surface area contributed by atoms with E-state index in [1.54, 1.807) is 0 Å². The second-order valence-corrected chi connectivity index (χ2v) is 16.6. The summed E-state index contributed by atoms with van der Waals surface area (Å²) in [6.45, 7) is 0.